The number of rotatable bonds is 5. The van der Waals surface area contributed by atoms with Crippen LogP contribution in [-0.2, 0) is 0 Å². The van der Waals surface area contributed by atoms with Crippen LogP contribution in [0.3, 0.4) is 0 Å². The molecule has 62 heavy (non-hydrogen) atoms. The van der Waals surface area contributed by atoms with Gasteiger partial charge in [-0.25, -0.2) is 0 Å². The predicted octanol–water partition coefficient (Wildman–Crippen LogP) is 7.91. The van der Waals surface area contributed by atoms with Crippen molar-refractivity contribution in [2.45, 2.75) is 34.6 Å². The van der Waals surface area contributed by atoms with Crippen LogP contribution < -0.4 is 58.1 Å². The largest absolute Gasteiger partial charge is 0.458 e. The maximum atomic E-state index is 7.22. The van der Waals surface area contributed by atoms with Crippen LogP contribution in [0.2, 0.25) is 0 Å². The zero-order valence-corrected chi connectivity index (χ0v) is 36.6. The molecule has 0 bridgehead atoms. The molecule has 1 aromatic heterocycles. The molecule has 0 atom stereocenters. The van der Waals surface area contributed by atoms with Gasteiger partial charge in [0.05, 0.1) is 22.4 Å². The van der Waals surface area contributed by atoms with E-state index in [1.165, 1.54) is 110 Å². The zero-order valence-electron chi connectivity index (χ0n) is 35.8. The fourth-order valence-electron chi connectivity index (χ4n) is 10.9. The fraction of sp³-hybridized carbons (Fsp3) is 0.111. The van der Waals surface area contributed by atoms with Crippen molar-refractivity contribution in [2.75, 3.05) is 15.9 Å². The van der Waals surface area contributed by atoms with Crippen molar-refractivity contribution in [3.05, 3.63) is 173 Å². The van der Waals surface area contributed by atoms with Crippen LogP contribution in [0.5, 0.6) is 11.5 Å². The van der Waals surface area contributed by atoms with Crippen molar-refractivity contribution in [3.8, 4) is 17.2 Å². The second-order valence-corrected chi connectivity index (χ2v) is 18.2. The normalized spacial score (nSPS) is 13.2. The van der Waals surface area contributed by atoms with Crippen LogP contribution in [0.15, 0.2) is 146 Å². The quantitative estimate of drug-likeness (QED) is 0.142. The van der Waals surface area contributed by atoms with E-state index in [-0.39, 0.29) is 13.4 Å². The molecule has 4 heterocycles. The average molecular weight is 814 g/mol. The highest BCUT2D eigenvalue weighted by atomic mass is 32.2. The average Bonchev–Trinajstić information content (AvgIpc) is 3.61. The number of hydrogen-bond donors (Lipinski definition) is 1. The molecule has 0 saturated carbocycles. The van der Waals surface area contributed by atoms with Crippen molar-refractivity contribution in [1.82, 2.24) is 4.57 Å². The van der Waals surface area contributed by atoms with E-state index in [0.717, 1.165) is 22.9 Å². The van der Waals surface area contributed by atoms with Gasteiger partial charge in [-0.2, -0.15) is 0 Å². The van der Waals surface area contributed by atoms with Crippen molar-refractivity contribution in [2.24, 2.45) is 0 Å². The Kier molecular flexibility index (Phi) is 8.43. The van der Waals surface area contributed by atoms with E-state index in [9.17, 15) is 0 Å². The lowest BCUT2D eigenvalue weighted by Gasteiger charge is -2.40. The van der Waals surface area contributed by atoms with Crippen molar-refractivity contribution in [1.29, 1.82) is 0 Å². The molecule has 3 aliphatic rings. The molecular formula is C54H43B3N3OS. The highest BCUT2D eigenvalue weighted by Crippen LogP contribution is 2.42. The second-order valence-electron chi connectivity index (χ2n) is 17.5. The van der Waals surface area contributed by atoms with Crippen LogP contribution in [0.1, 0.15) is 27.8 Å². The molecule has 1 radical (unpaired) electrons. The van der Waals surface area contributed by atoms with Gasteiger partial charge in [0, 0.05) is 40.2 Å². The van der Waals surface area contributed by atoms with E-state index in [0.29, 0.717) is 0 Å². The first kappa shape index (κ1) is 37.3. The minimum Gasteiger partial charge on any atom is -0.458 e. The summed E-state index contributed by atoms with van der Waals surface area (Å²) in [4.78, 5) is 0. The SMILES string of the molecule is CSN1c2cc(C)c(B3c4ccccc4Nc4cc(C)cc(C)c43)cc2B2c3cc([B]c4ccccc4C)c(C)cc3Oc3cc(-n4c5ccccc5c5ccccc54)cc1c32. The summed E-state index contributed by atoms with van der Waals surface area (Å²) >= 11 is 1.76. The third-order valence-electron chi connectivity index (χ3n) is 13.7. The lowest BCUT2D eigenvalue weighted by atomic mass is 9.30. The van der Waals surface area contributed by atoms with Gasteiger partial charge in [-0.05, 0) is 122 Å². The number of benzene rings is 8. The van der Waals surface area contributed by atoms with Gasteiger partial charge in [-0.3, -0.25) is 4.31 Å². The van der Waals surface area contributed by atoms with Gasteiger partial charge in [0.2, 0.25) is 6.71 Å². The number of fused-ring (bicyclic) bond motifs is 9. The highest BCUT2D eigenvalue weighted by molar-refractivity contribution is 8.00. The summed E-state index contributed by atoms with van der Waals surface area (Å²) in [5.41, 5.74) is 24.7. The number of anilines is 4. The molecule has 0 amide bonds. The fourth-order valence-corrected chi connectivity index (χ4v) is 11.6. The summed E-state index contributed by atoms with van der Waals surface area (Å²) in [6.07, 6.45) is 2.20. The Morgan fingerprint density at radius 2 is 1.23 bits per heavy atom. The van der Waals surface area contributed by atoms with E-state index in [1.54, 1.807) is 11.9 Å². The van der Waals surface area contributed by atoms with Gasteiger partial charge in [0.1, 0.15) is 11.5 Å². The highest BCUT2D eigenvalue weighted by Gasteiger charge is 2.44. The minimum atomic E-state index is -0.0612. The molecule has 0 saturated heterocycles. The number of hydrogen-bond acceptors (Lipinski definition) is 4. The number of nitrogens with one attached hydrogen (secondary N) is 1. The van der Waals surface area contributed by atoms with Crippen LogP contribution in [0.4, 0.5) is 22.7 Å². The molecule has 0 fully saturated rings. The molecule has 1 N–H and O–H groups in total. The van der Waals surface area contributed by atoms with Gasteiger partial charge in [-0.1, -0.05) is 136 Å². The molecule has 12 rings (SSSR count). The van der Waals surface area contributed by atoms with Crippen LogP contribution in [-0.4, -0.2) is 31.5 Å². The lowest BCUT2D eigenvalue weighted by molar-refractivity contribution is 0.487. The zero-order chi connectivity index (χ0) is 42.0. The van der Waals surface area contributed by atoms with Gasteiger partial charge < -0.3 is 14.6 Å². The molecule has 0 unspecified atom stereocenters. The molecule has 0 aliphatic carbocycles. The number of para-hydroxylation sites is 3. The summed E-state index contributed by atoms with van der Waals surface area (Å²) < 4.78 is 12.1. The number of ether oxygens (including phenoxy) is 1. The molecule has 8 heteroatoms. The van der Waals surface area contributed by atoms with E-state index in [1.807, 2.05) is 0 Å². The molecule has 9 aromatic rings. The summed E-state index contributed by atoms with van der Waals surface area (Å²) in [7, 11) is 2.35. The predicted molar refractivity (Wildman–Crippen MR) is 270 cm³/mol. The first-order valence-electron chi connectivity index (χ1n) is 21.6. The third-order valence-corrected chi connectivity index (χ3v) is 14.4. The van der Waals surface area contributed by atoms with Crippen LogP contribution in [0, 0.1) is 34.6 Å². The number of aromatic nitrogens is 1. The van der Waals surface area contributed by atoms with Gasteiger partial charge in [-0.15, -0.1) is 0 Å². The smallest absolute Gasteiger partial charge is 0.256 e. The molecule has 3 aliphatic heterocycles. The Morgan fingerprint density at radius 1 is 0.516 bits per heavy atom. The Bertz CT molecular complexity index is 3320. The first-order valence-corrected chi connectivity index (χ1v) is 22.8. The van der Waals surface area contributed by atoms with Crippen LogP contribution >= 0.6 is 11.9 Å². The van der Waals surface area contributed by atoms with Crippen LogP contribution in [0.25, 0.3) is 27.5 Å². The summed E-state index contributed by atoms with van der Waals surface area (Å²) in [5, 5.41) is 6.31. The van der Waals surface area contributed by atoms with E-state index >= 15 is 0 Å². The molecule has 295 valence electrons. The van der Waals surface area contributed by atoms with E-state index in [2.05, 4.69) is 208 Å². The molecule has 8 aromatic carbocycles. The Balaban J connectivity index is 1.13. The number of aryl methyl sites for hydroxylation is 5. The van der Waals surface area contributed by atoms with E-state index < -0.39 is 0 Å². The Hall–Kier alpha value is -6.50. The van der Waals surface area contributed by atoms with Gasteiger partial charge in [0.25, 0.3) is 6.71 Å². The maximum absolute atomic E-state index is 7.22. The number of nitrogens with zero attached hydrogens (tertiary/aromatic N) is 2. The molecular weight excluding hydrogens is 771 g/mol. The monoisotopic (exact) mass is 814 g/mol. The maximum Gasteiger partial charge on any atom is 0.256 e. The Morgan fingerprint density at radius 3 is 2.00 bits per heavy atom. The summed E-state index contributed by atoms with van der Waals surface area (Å²) in [6, 6.07) is 54.1. The van der Waals surface area contributed by atoms with Gasteiger partial charge in [0.15, 0.2) is 7.28 Å². The third kappa shape index (κ3) is 5.52. The lowest BCUT2D eigenvalue weighted by Crippen LogP contribution is -2.63. The van der Waals surface area contributed by atoms with Crippen molar-refractivity contribution >= 4 is 121 Å². The topological polar surface area (TPSA) is 29.4 Å². The van der Waals surface area contributed by atoms with Gasteiger partial charge >= 0.3 is 0 Å². The summed E-state index contributed by atoms with van der Waals surface area (Å²) in [6.45, 7) is 11.2. The molecule has 0 spiro atoms. The standard InChI is InChI=1S/C54H43B3N3OS/c1-31-23-35(5)53-46(24-31)58-45-20-12-11-19-41(45)56(53)42-30-43-49(25-34(42)4)60(62-6)50-27-36(59-47-21-13-8-16-37(47)38-17-9-14-22-48(38)59)28-52-54(50)57(43)44-29-40(33(3)26-51(44)61-52)55-39-18-10-7-15-32(39)2/h7-30,58H,1-6H3. The van der Waals surface area contributed by atoms with E-state index in [4.69, 9.17) is 4.74 Å². The summed E-state index contributed by atoms with van der Waals surface area (Å²) in [5.74, 6) is 1.82. The Labute approximate surface area is 369 Å². The first-order chi connectivity index (χ1) is 30.2. The minimum absolute atomic E-state index is 0.0612. The van der Waals surface area contributed by atoms with Crippen molar-refractivity contribution in [3.63, 3.8) is 0 Å². The van der Waals surface area contributed by atoms with Crippen molar-refractivity contribution < 1.29 is 4.74 Å². The second kappa shape index (κ2) is 14.0. The molecule has 4 nitrogen and oxygen atoms in total.